The van der Waals surface area contributed by atoms with Gasteiger partial charge in [-0.1, -0.05) is 38.1 Å². The molecule has 2 N–H and O–H groups in total. The van der Waals surface area contributed by atoms with Crippen LogP contribution in [0.25, 0.3) is 21.3 Å². The number of nitrogens with zero attached hydrogens (tertiary/aromatic N) is 2. The zero-order valence-electron chi connectivity index (χ0n) is 19.4. The van der Waals surface area contributed by atoms with Crippen molar-refractivity contribution in [1.82, 2.24) is 14.9 Å². The van der Waals surface area contributed by atoms with Crippen LogP contribution in [0.2, 0.25) is 0 Å². The monoisotopic (exact) mass is 455 g/mol. The fourth-order valence-electron chi connectivity index (χ4n) is 3.76. The molecule has 1 unspecified atom stereocenters. The number of thiophene rings is 1. The average molecular weight is 456 g/mol. The van der Waals surface area contributed by atoms with Gasteiger partial charge in [-0.05, 0) is 36.5 Å². The normalized spacial score (nSPS) is 12.7. The Morgan fingerprint density at radius 3 is 2.75 bits per heavy atom. The summed E-state index contributed by atoms with van der Waals surface area (Å²) in [6.07, 6.45) is 1.04. The molecule has 3 aromatic rings. The van der Waals surface area contributed by atoms with Gasteiger partial charge < -0.3 is 14.8 Å². The first-order valence-electron chi connectivity index (χ1n) is 11.0. The van der Waals surface area contributed by atoms with Crippen molar-refractivity contribution in [2.24, 2.45) is 5.92 Å². The highest BCUT2D eigenvalue weighted by atomic mass is 32.1. The molecule has 0 bridgehead atoms. The topological polar surface area (TPSA) is 78.5 Å². The van der Waals surface area contributed by atoms with Gasteiger partial charge in [0.25, 0.3) is 5.56 Å². The Labute approximate surface area is 193 Å². The predicted octanol–water partition coefficient (Wildman–Crippen LogP) is 4.29. The lowest BCUT2D eigenvalue weighted by atomic mass is 10.0. The lowest BCUT2D eigenvalue weighted by Crippen LogP contribution is -2.37. The highest BCUT2D eigenvalue weighted by Crippen LogP contribution is 2.31. The largest absolute Gasteiger partial charge is 0.389 e. The van der Waals surface area contributed by atoms with E-state index >= 15 is 0 Å². The summed E-state index contributed by atoms with van der Waals surface area (Å²) in [6, 6.07) is 6.25. The number of aromatic nitrogens is 2. The number of hydrogen-bond donors (Lipinski definition) is 2. The van der Waals surface area contributed by atoms with Gasteiger partial charge in [-0.15, -0.1) is 17.9 Å². The van der Waals surface area contributed by atoms with Gasteiger partial charge in [-0.2, -0.15) is 0 Å². The van der Waals surface area contributed by atoms with E-state index in [9.17, 15) is 9.90 Å². The maximum atomic E-state index is 13.0. The van der Waals surface area contributed by atoms with E-state index in [1.165, 1.54) is 22.5 Å². The minimum atomic E-state index is -0.623. The van der Waals surface area contributed by atoms with Crippen LogP contribution in [0, 0.1) is 19.8 Å². The molecule has 2 aromatic heterocycles. The molecule has 0 aliphatic rings. The van der Waals surface area contributed by atoms with Gasteiger partial charge in [-0.25, -0.2) is 4.98 Å². The summed E-state index contributed by atoms with van der Waals surface area (Å²) >= 11 is 1.49. The van der Waals surface area contributed by atoms with E-state index in [2.05, 4.69) is 62.4 Å². The number of benzene rings is 1. The molecule has 0 spiro atoms. The van der Waals surface area contributed by atoms with E-state index in [0.29, 0.717) is 36.8 Å². The fourth-order valence-corrected chi connectivity index (χ4v) is 4.73. The number of aliphatic hydroxyl groups is 1. The SMILES string of the molecule is C=CCOCC(O)CN(Cc1nc2scc(-c3ccc(C)c(C)c3)c2c(=O)[nH]1)CC(C)C. The number of aryl methyl sites for hydroxylation is 2. The Kier molecular flexibility index (Phi) is 8.37. The van der Waals surface area contributed by atoms with E-state index in [-0.39, 0.29) is 12.2 Å². The second kappa shape index (κ2) is 11.0. The Hall–Kier alpha value is -2.32. The molecule has 0 aliphatic carbocycles. The third-order valence-electron chi connectivity index (χ3n) is 5.32. The molecule has 0 radical (unpaired) electrons. The quantitative estimate of drug-likeness (QED) is 0.333. The molecule has 0 amide bonds. The fraction of sp³-hybridized carbons (Fsp3) is 0.440. The minimum absolute atomic E-state index is 0.126. The standard InChI is InChI=1S/C25H33N3O3S/c1-6-9-31-14-20(29)12-28(11-16(2)3)13-22-26-24(30)23-21(15-32-25(23)27-22)19-8-7-17(4)18(5)10-19/h6-8,10,15-16,20,29H,1,9,11-14H2,2-5H3,(H,26,27,30). The van der Waals surface area contributed by atoms with E-state index in [1.54, 1.807) is 6.08 Å². The van der Waals surface area contributed by atoms with Crippen LogP contribution in [0.3, 0.4) is 0 Å². The number of ether oxygens (including phenoxy) is 1. The molecular weight excluding hydrogens is 422 g/mol. The van der Waals surface area contributed by atoms with Crippen molar-refractivity contribution >= 4 is 21.6 Å². The van der Waals surface area contributed by atoms with Crippen molar-refractivity contribution in [3.8, 4) is 11.1 Å². The van der Waals surface area contributed by atoms with Crippen LogP contribution in [0.5, 0.6) is 0 Å². The predicted molar refractivity (Wildman–Crippen MR) is 132 cm³/mol. The third-order valence-corrected chi connectivity index (χ3v) is 6.19. The van der Waals surface area contributed by atoms with Crippen LogP contribution >= 0.6 is 11.3 Å². The van der Waals surface area contributed by atoms with Crippen LogP contribution in [-0.2, 0) is 11.3 Å². The average Bonchev–Trinajstić information content (AvgIpc) is 3.14. The molecule has 7 heteroatoms. The van der Waals surface area contributed by atoms with Gasteiger partial charge in [0.15, 0.2) is 0 Å². The van der Waals surface area contributed by atoms with E-state index < -0.39 is 6.10 Å². The van der Waals surface area contributed by atoms with E-state index in [4.69, 9.17) is 9.72 Å². The van der Waals surface area contributed by atoms with Crippen LogP contribution in [0.4, 0.5) is 0 Å². The molecule has 6 nitrogen and oxygen atoms in total. The van der Waals surface area contributed by atoms with Gasteiger partial charge in [0.1, 0.15) is 10.7 Å². The second-order valence-electron chi connectivity index (χ2n) is 8.71. The highest BCUT2D eigenvalue weighted by Gasteiger charge is 2.18. The van der Waals surface area contributed by atoms with Gasteiger partial charge in [0.2, 0.25) is 0 Å². The molecule has 0 saturated carbocycles. The summed E-state index contributed by atoms with van der Waals surface area (Å²) in [5.41, 5.74) is 4.25. The molecule has 1 aromatic carbocycles. The van der Waals surface area contributed by atoms with E-state index in [0.717, 1.165) is 22.5 Å². The molecule has 32 heavy (non-hydrogen) atoms. The van der Waals surface area contributed by atoms with Crippen LogP contribution < -0.4 is 5.56 Å². The summed E-state index contributed by atoms with van der Waals surface area (Å²) in [5.74, 6) is 1.01. The van der Waals surface area contributed by atoms with Crippen molar-refractivity contribution in [2.75, 3.05) is 26.3 Å². The number of nitrogens with one attached hydrogen (secondary N) is 1. The Morgan fingerprint density at radius 2 is 2.06 bits per heavy atom. The Bertz CT molecular complexity index is 1120. The number of hydrogen-bond acceptors (Lipinski definition) is 6. The van der Waals surface area contributed by atoms with Crippen LogP contribution in [0.15, 0.2) is 41.0 Å². The van der Waals surface area contributed by atoms with Gasteiger partial charge in [0, 0.05) is 24.0 Å². The number of fused-ring (bicyclic) bond motifs is 1. The summed E-state index contributed by atoms with van der Waals surface area (Å²) in [6.45, 7) is 14.4. The lowest BCUT2D eigenvalue weighted by molar-refractivity contribution is 0.0218. The minimum Gasteiger partial charge on any atom is -0.389 e. The number of rotatable bonds is 11. The third kappa shape index (κ3) is 6.13. The summed E-state index contributed by atoms with van der Waals surface area (Å²) in [5, 5.41) is 13.0. The maximum absolute atomic E-state index is 13.0. The summed E-state index contributed by atoms with van der Waals surface area (Å²) in [7, 11) is 0. The first kappa shape index (κ1) is 24.3. The Morgan fingerprint density at radius 1 is 1.28 bits per heavy atom. The number of H-pyrrole nitrogens is 1. The van der Waals surface area contributed by atoms with Crippen molar-refractivity contribution in [2.45, 2.75) is 40.3 Å². The highest BCUT2D eigenvalue weighted by molar-refractivity contribution is 7.17. The van der Waals surface area contributed by atoms with E-state index in [1.807, 2.05) is 5.38 Å². The molecule has 0 saturated heterocycles. The zero-order chi connectivity index (χ0) is 23.3. The summed E-state index contributed by atoms with van der Waals surface area (Å²) in [4.78, 5) is 23.6. The second-order valence-corrected chi connectivity index (χ2v) is 9.57. The van der Waals surface area contributed by atoms with Crippen molar-refractivity contribution in [3.05, 3.63) is 63.5 Å². The number of aliphatic hydroxyl groups excluding tert-OH is 1. The van der Waals surface area contributed by atoms with Crippen molar-refractivity contribution < 1.29 is 9.84 Å². The Balaban J connectivity index is 1.84. The van der Waals surface area contributed by atoms with Gasteiger partial charge in [0.05, 0.1) is 31.2 Å². The zero-order valence-corrected chi connectivity index (χ0v) is 20.2. The molecule has 1 atom stereocenters. The van der Waals surface area contributed by atoms with Gasteiger partial charge in [-0.3, -0.25) is 9.69 Å². The molecular formula is C25H33N3O3S. The lowest BCUT2D eigenvalue weighted by Gasteiger charge is -2.26. The molecule has 0 aliphatic heterocycles. The number of aromatic amines is 1. The maximum Gasteiger partial charge on any atom is 0.260 e. The van der Waals surface area contributed by atoms with Gasteiger partial charge >= 0.3 is 0 Å². The molecule has 172 valence electrons. The summed E-state index contributed by atoms with van der Waals surface area (Å²) < 4.78 is 5.37. The van der Waals surface area contributed by atoms with Crippen LogP contribution in [0.1, 0.15) is 30.8 Å². The smallest absolute Gasteiger partial charge is 0.260 e. The van der Waals surface area contributed by atoms with Crippen molar-refractivity contribution in [1.29, 1.82) is 0 Å². The first-order chi connectivity index (χ1) is 15.3. The van der Waals surface area contributed by atoms with Crippen molar-refractivity contribution in [3.63, 3.8) is 0 Å². The first-order valence-corrected chi connectivity index (χ1v) is 11.8. The molecule has 0 fully saturated rings. The molecule has 3 rings (SSSR count). The molecule has 2 heterocycles. The van der Waals surface area contributed by atoms with Crippen LogP contribution in [-0.4, -0.2) is 52.4 Å².